The van der Waals surface area contributed by atoms with Gasteiger partial charge in [-0.1, -0.05) is 48.5 Å². The predicted molar refractivity (Wildman–Crippen MR) is 143 cm³/mol. The van der Waals surface area contributed by atoms with Crippen LogP contribution in [0, 0.1) is 17.9 Å². The summed E-state index contributed by atoms with van der Waals surface area (Å²) in [5, 5.41) is 13.1. The predicted octanol–water partition coefficient (Wildman–Crippen LogP) is 9.24. The van der Waals surface area contributed by atoms with E-state index >= 15 is 0 Å². The van der Waals surface area contributed by atoms with Crippen molar-refractivity contribution >= 4 is 49.6 Å². The summed E-state index contributed by atoms with van der Waals surface area (Å²) in [5.41, 5.74) is 8.58. The SMILES string of the molecule is [C-]#[N+]c1ccc(-c2ccc3oc4c(ccc5c6cc(-c7ccc(C#N)cc7)ccc6oc54)c3c2)cc1. The van der Waals surface area contributed by atoms with Crippen molar-refractivity contribution in [1.29, 1.82) is 5.26 Å². The molecule has 4 heteroatoms. The van der Waals surface area contributed by atoms with E-state index in [9.17, 15) is 0 Å². The van der Waals surface area contributed by atoms with Crippen molar-refractivity contribution in [2.45, 2.75) is 0 Å². The molecule has 0 aliphatic heterocycles. The van der Waals surface area contributed by atoms with Gasteiger partial charge in [0.15, 0.2) is 16.9 Å². The van der Waals surface area contributed by atoms with Crippen molar-refractivity contribution in [3.63, 3.8) is 0 Å². The van der Waals surface area contributed by atoms with Crippen LogP contribution < -0.4 is 0 Å². The van der Waals surface area contributed by atoms with Crippen molar-refractivity contribution in [1.82, 2.24) is 0 Å². The Morgan fingerprint density at radius 2 is 1.03 bits per heavy atom. The Kier molecular flexibility index (Phi) is 4.24. The second kappa shape index (κ2) is 7.60. The van der Waals surface area contributed by atoms with Gasteiger partial charge in [-0.05, 0) is 70.8 Å². The lowest BCUT2D eigenvalue weighted by Crippen LogP contribution is -1.79. The molecular formula is C32H16N2O2. The Labute approximate surface area is 206 Å². The summed E-state index contributed by atoms with van der Waals surface area (Å²) >= 11 is 0. The number of hydrogen-bond acceptors (Lipinski definition) is 3. The van der Waals surface area contributed by atoms with Crippen LogP contribution in [0.3, 0.4) is 0 Å². The van der Waals surface area contributed by atoms with Gasteiger partial charge in [0.2, 0.25) is 0 Å². The molecule has 7 rings (SSSR count). The monoisotopic (exact) mass is 460 g/mol. The molecule has 2 aromatic heterocycles. The summed E-state index contributed by atoms with van der Waals surface area (Å²) < 4.78 is 12.6. The van der Waals surface area contributed by atoms with Crippen molar-refractivity contribution in [3.05, 3.63) is 114 Å². The third-order valence-corrected chi connectivity index (χ3v) is 6.75. The number of benzene rings is 5. The molecule has 0 saturated heterocycles. The van der Waals surface area contributed by atoms with Gasteiger partial charge < -0.3 is 8.83 Å². The first-order valence-electron chi connectivity index (χ1n) is 11.5. The Morgan fingerprint density at radius 3 is 1.50 bits per heavy atom. The summed E-state index contributed by atoms with van der Waals surface area (Å²) in [6.07, 6.45) is 0. The molecule has 0 fully saturated rings. The smallest absolute Gasteiger partial charge is 0.187 e. The minimum atomic E-state index is 0.628. The number of nitriles is 1. The van der Waals surface area contributed by atoms with E-state index in [0.29, 0.717) is 11.3 Å². The Balaban J connectivity index is 1.39. The lowest BCUT2D eigenvalue weighted by molar-refractivity contribution is 0.633. The van der Waals surface area contributed by atoms with Crippen LogP contribution in [-0.2, 0) is 0 Å². The number of rotatable bonds is 2. The average molecular weight is 460 g/mol. The van der Waals surface area contributed by atoms with E-state index in [1.165, 1.54) is 0 Å². The second-order valence-electron chi connectivity index (χ2n) is 8.79. The summed E-state index contributed by atoms with van der Waals surface area (Å²) in [7, 11) is 0. The zero-order valence-electron chi connectivity index (χ0n) is 18.9. The fourth-order valence-corrected chi connectivity index (χ4v) is 4.89. The molecule has 0 amide bonds. The maximum absolute atomic E-state index is 9.08. The van der Waals surface area contributed by atoms with Gasteiger partial charge in [0.05, 0.1) is 18.2 Å². The van der Waals surface area contributed by atoms with Crippen LogP contribution in [0.25, 0.3) is 71.0 Å². The summed E-state index contributed by atoms with van der Waals surface area (Å²) in [6.45, 7) is 7.17. The van der Waals surface area contributed by atoms with Crippen LogP contribution in [-0.4, -0.2) is 0 Å². The highest BCUT2D eigenvalue weighted by molar-refractivity contribution is 6.19. The van der Waals surface area contributed by atoms with Gasteiger partial charge in [-0.25, -0.2) is 4.85 Å². The number of nitrogens with zero attached hydrogens (tertiary/aromatic N) is 2. The number of furan rings is 2. The fourth-order valence-electron chi connectivity index (χ4n) is 4.89. The third kappa shape index (κ3) is 2.99. The molecule has 4 nitrogen and oxygen atoms in total. The van der Waals surface area contributed by atoms with E-state index in [-0.39, 0.29) is 0 Å². The Hall–Kier alpha value is -5.32. The van der Waals surface area contributed by atoms with Crippen LogP contribution in [0.2, 0.25) is 0 Å². The van der Waals surface area contributed by atoms with Gasteiger partial charge >= 0.3 is 0 Å². The van der Waals surface area contributed by atoms with Crippen molar-refractivity contribution in [2.24, 2.45) is 0 Å². The first-order chi connectivity index (χ1) is 17.7. The zero-order valence-corrected chi connectivity index (χ0v) is 18.9. The van der Waals surface area contributed by atoms with E-state index in [1.807, 2.05) is 72.8 Å². The molecule has 0 bridgehead atoms. The minimum absolute atomic E-state index is 0.628. The molecule has 0 aliphatic rings. The van der Waals surface area contributed by atoms with E-state index in [0.717, 1.165) is 66.1 Å². The molecular weight excluding hydrogens is 444 g/mol. The quantitative estimate of drug-likeness (QED) is 0.242. The molecule has 7 aromatic rings. The fraction of sp³-hybridized carbons (Fsp3) is 0. The van der Waals surface area contributed by atoms with Crippen LogP contribution in [0.15, 0.2) is 106 Å². The Morgan fingerprint density at radius 1 is 0.556 bits per heavy atom. The maximum atomic E-state index is 9.08. The Bertz CT molecular complexity index is 1890. The van der Waals surface area contributed by atoms with Crippen LogP contribution in [0.5, 0.6) is 0 Å². The highest BCUT2D eigenvalue weighted by Crippen LogP contribution is 2.40. The van der Waals surface area contributed by atoms with E-state index in [4.69, 9.17) is 20.7 Å². The molecule has 2 heterocycles. The molecule has 0 saturated carbocycles. The normalized spacial score (nSPS) is 11.3. The second-order valence-corrected chi connectivity index (χ2v) is 8.79. The zero-order chi connectivity index (χ0) is 24.2. The van der Waals surface area contributed by atoms with Crippen LogP contribution >= 0.6 is 0 Å². The standard InChI is InChI=1S/C32H16N2O2/c1-34-24-10-6-21(7-11-24)23-9-15-30-28(17-23)26-13-12-25-27-16-22(20-4-2-19(18-33)3-5-20)8-14-29(27)35-31(25)32(26)36-30/h2-17H. The summed E-state index contributed by atoms with van der Waals surface area (Å²) in [5.74, 6) is 0. The van der Waals surface area contributed by atoms with Crippen molar-refractivity contribution in [2.75, 3.05) is 0 Å². The molecule has 0 spiro atoms. The molecule has 0 radical (unpaired) electrons. The van der Waals surface area contributed by atoms with E-state index in [1.54, 1.807) is 0 Å². The van der Waals surface area contributed by atoms with Gasteiger partial charge in [-0.15, -0.1) is 0 Å². The first kappa shape index (κ1) is 20.1. The maximum Gasteiger partial charge on any atom is 0.187 e. The minimum Gasteiger partial charge on any atom is -0.452 e. The van der Waals surface area contributed by atoms with Gasteiger partial charge in [0.1, 0.15) is 11.2 Å². The van der Waals surface area contributed by atoms with Crippen LogP contribution in [0.4, 0.5) is 5.69 Å². The summed E-state index contributed by atoms with van der Waals surface area (Å²) in [4.78, 5) is 3.48. The molecule has 5 aromatic carbocycles. The molecule has 36 heavy (non-hydrogen) atoms. The average Bonchev–Trinajstić information content (AvgIpc) is 3.50. The number of fused-ring (bicyclic) bond motifs is 7. The lowest BCUT2D eigenvalue weighted by Gasteiger charge is -2.02. The first-order valence-corrected chi connectivity index (χ1v) is 11.5. The topological polar surface area (TPSA) is 54.4 Å². The van der Waals surface area contributed by atoms with Gasteiger partial charge in [-0.2, -0.15) is 5.26 Å². The largest absolute Gasteiger partial charge is 0.452 e. The highest BCUT2D eigenvalue weighted by Gasteiger charge is 2.17. The molecule has 0 unspecified atom stereocenters. The third-order valence-electron chi connectivity index (χ3n) is 6.75. The molecule has 0 aliphatic carbocycles. The van der Waals surface area contributed by atoms with E-state index in [2.05, 4.69) is 35.2 Å². The summed E-state index contributed by atoms with van der Waals surface area (Å²) in [6, 6.07) is 33.9. The van der Waals surface area contributed by atoms with Crippen molar-refractivity contribution < 1.29 is 8.83 Å². The highest BCUT2D eigenvalue weighted by atomic mass is 16.4. The van der Waals surface area contributed by atoms with Gasteiger partial charge in [-0.3, -0.25) is 0 Å². The molecule has 0 atom stereocenters. The number of hydrogen-bond donors (Lipinski definition) is 0. The van der Waals surface area contributed by atoms with Crippen molar-refractivity contribution in [3.8, 4) is 28.3 Å². The molecule has 0 N–H and O–H groups in total. The molecule has 166 valence electrons. The van der Waals surface area contributed by atoms with Gasteiger partial charge in [0, 0.05) is 21.5 Å². The van der Waals surface area contributed by atoms with Crippen LogP contribution in [0.1, 0.15) is 5.56 Å². The van der Waals surface area contributed by atoms with E-state index < -0.39 is 0 Å². The lowest BCUT2D eigenvalue weighted by atomic mass is 10.0. The van der Waals surface area contributed by atoms with Gasteiger partial charge in [0.25, 0.3) is 0 Å².